The second-order valence-electron chi connectivity index (χ2n) is 9.80. The van der Waals surface area contributed by atoms with Crippen molar-refractivity contribution < 1.29 is 13.6 Å². The Balaban J connectivity index is 1.41. The van der Waals surface area contributed by atoms with Gasteiger partial charge >= 0.3 is 0 Å². The minimum Gasteiger partial charge on any atom is -0.383 e. The number of nitrogens with two attached hydrogens (primary N) is 1. The first kappa shape index (κ1) is 24.2. The van der Waals surface area contributed by atoms with Crippen molar-refractivity contribution in [2.45, 2.75) is 19.4 Å². The lowest BCUT2D eigenvalue weighted by Crippen LogP contribution is -2.37. The SMILES string of the molecule is C[C@H]1CN(CCF)C[C@H]1N(C)c1ccc(-c2cnc(N)c(-c3cc4c(cc3F)C(=O)NCC4)c2)cc1. The van der Waals surface area contributed by atoms with Gasteiger partial charge in [-0.25, -0.2) is 13.8 Å². The summed E-state index contributed by atoms with van der Waals surface area (Å²) in [5.74, 6) is -0.0698. The summed E-state index contributed by atoms with van der Waals surface area (Å²) in [7, 11) is 2.08. The van der Waals surface area contributed by atoms with Crippen LogP contribution in [0.25, 0.3) is 22.3 Å². The number of nitrogen functional groups attached to an aromatic ring is 1. The van der Waals surface area contributed by atoms with Crippen LogP contribution in [0.1, 0.15) is 22.8 Å². The fourth-order valence-corrected chi connectivity index (χ4v) is 5.43. The van der Waals surface area contributed by atoms with Gasteiger partial charge in [-0.1, -0.05) is 19.1 Å². The van der Waals surface area contributed by atoms with Crippen LogP contribution < -0.4 is 16.0 Å². The standard InChI is InChI=1S/C28H31F2N5O/c1-17-15-35(10-8-29)16-26(17)34(2)21-5-3-18(4-6-21)20-12-24(27(31)33-14-20)23-11-19-7-9-32-28(36)22(19)13-25(23)30/h3-6,11-14,17,26H,7-10,15-16H2,1-2H3,(H2,31,33)(H,32,36)/t17-,26+/m0/s1. The molecule has 0 unspecified atom stereocenters. The molecule has 0 spiro atoms. The van der Waals surface area contributed by atoms with Gasteiger partial charge in [-0.3, -0.25) is 9.69 Å². The molecule has 36 heavy (non-hydrogen) atoms. The van der Waals surface area contributed by atoms with E-state index in [1.165, 1.54) is 6.07 Å². The molecular formula is C28H31F2N5O. The predicted octanol–water partition coefficient (Wildman–Crippen LogP) is 4.15. The first-order chi connectivity index (χ1) is 17.4. The molecule has 2 aliphatic rings. The van der Waals surface area contributed by atoms with Crippen LogP contribution in [0.5, 0.6) is 0 Å². The van der Waals surface area contributed by atoms with E-state index in [1.807, 2.05) is 18.2 Å². The van der Waals surface area contributed by atoms with Gasteiger partial charge in [0.25, 0.3) is 5.91 Å². The Morgan fingerprint density at radius 3 is 2.64 bits per heavy atom. The van der Waals surface area contributed by atoms with Gasteiger partial charge in [0, 0.05) is 73.4 Å². The Bertz CT molecular complexity index is 1280. The number of amides is 1. The van der Waals surface area contributed by atoms with Crippen LogP contribution in [0.15, 0.2) is 48.7 Å². The smallest absolute Gasteiger partial charge is 0.251 e. The average Bonchev–Trinajstić information content (AvgIpc) is 3.24. The van der Waals surface area contributed by atoms with Crippen LogP contribution >= 0.6 is 0 Å². The number of alkyl halides is 1. The summed E-state index contributed by atoms with van der Waals surface area (Å²) in [5, 5.41) is 2.74. The molecule has 0 bridgehead atoms. The third kappa shape index (κ3) is 4.53. The molecular weight excluding hydrogens is 460 g/mol. The maximum atomic E-state index is 15.1. The number of anilines is 2. The van der Waals surface area contributed by atoms with E-state index in [0.29, 0.717) is 48.2 Å². The highest BCUT2D eigenvalue weighted by Gasteiger charge is 2.32. The fourth-order valence-electron chi connectivity index (χ4n) is 5.43. The zero-order chi connectivity index (χ0) is 25.4. The van der Waals surface area contributed by atoms with E-state index in [4.69, 9.17) is 5.73 Å². The van der Waals surface area contributed by atoms with Crippen LogP contribution in [0.3, 0.4) is 0 Å². The molecule has 0 radical (unpaired) electrons. The van der Waals surface area contributed by atoms with Gasteiger partial charge in [0.2, 0.25) is 0 Å². The van der Waals surface area contributed by atoms with E-state index >= 15 is 4.39 Å². The van der Waals surface area contributed by atoms with Gasteiger partial charge in [-0.15, -0.1) is 0 Å². The zero-order valence-corrected chi connectivity index (χ0v) is 20.6. The minimum atomic E-state index is -0.499. The molecule has 0 saturated carbocycles. The van der Waals surface area contributed by atoms with E-state index in [2.05, 4.69) is 46.2 Å². The first-order valence-electron chi connectivity index (χ1n) is 12.3. The number of benzene rings is 2. The monoisotopic (exact) mass is 491 g/mol. The van der Waals surface area contributed by atoms with Crippen molar-refractivity contribution in [1.29, 1.82) is 0 Å². The number of rotatable bonds is 6. The number of aromatic nitrogens is 1. The highest BCUT2D eigenvalue weighted by Crippen LogP contribution is 2.34. The van der Waals surface area contributed by atoms with E-state index in [0.717, 1.165) is 35.5 Å². The van der Waals surface area contributed by atoms with Gasteiger partial charge in [0.05, 0.1) is 0 Å². The number of fused-ring (bicyclic) bond motifs is 1. The molecule has 8 heteroatoms. The quantitative estimate of drug-likeness (QED) is 0.542. The molecule has 1 fully saturated rings. The van der Waals surface area contributed by atoms with Crippen LogP contribution in [-0.2, 0) is 6.42 Å². The number of carbonyl (C=O) groups is 1. The number of pyridine rings is 1. The summed E-state index contributed by atoms with van der Waals surface area (Å²) < 4.78 is 27.9. The fraction of sp³-hybridized carbons (Fsp3) is 0.357. The molecule has 6 nitrogen and oxygen atoms in total. The lowest BCUT2D eigenvalue weighted by atomic mass is 9.93. The summed E-state index contributed by atoms with van der Waals surface area (Å²) in [6.07, 6.45) is 2.33. The van der Waals surface area contributed by atoms with Crippen LogP contribution in [0.2, 0.25) is 0 Å². The lowest BCUT2D eigenvalue weighted by Gasteiger charge is -2.29. The average molecular weight is 492 g/mol. The molecule has 2 aromatic carbocycles. The van der Waals surface area contributed by atoms with E-state index in [-0.39, 0.29) is 18.4 Å². The van der Waals surface area contributed by atoms with Gasteiger partial charge in [0.1, 0.15) is 18.3 Å². The summed E-state index contributed by atoms with van der Waals surface area (Å²) in [6, 6.07) is 13.3. The Labute approximate surface area is 210 Å². The maximum absolute atomic E-state index is 15.1. The molecule has 3 aromatic rings. The highest BCUT2D eigenvalue weighted by atomic mass is 19.1. The van der Waals surface area contributed by atoms with Crippen molar-refractivity contribution >= 4 is 17.4 Å². The molecule has 0 aliphatic carbocycles. The summed E-state index contributed by atoms with van der Waals surface area (Å²) in [5.41, 5.74) is 11.0. The Morgan fingerprint density at radius 2 is 1.89 bits per heavy atom. The Hall–Kier alpha value is -3.52. The molecule has 3 N–H and O–H groups in total. The Morgan fingerprint density at radius 1 is 1.11 bits per heavy atom. The van der Waals surface area contributed by atoms with Crippen LogP contribution in [0.4, 0.5) is 20.3 Å². The van der Waals surface area contributed by atoms with Crippen molar-refractivity contribution in [1.82, 2.24) is 15.2 Å². The maximum Gasteiger partial charge on any atom is 0.251 e. The molecule has 1 saturated heterocycles. The zero-order valence-electron chi connectivity index (χ0n) is 20.6. The van der Waals surface area contributed by atoms with Gasteiger partial charge in [-0.2, -0.15) is 0 Å². The lowest BCUT2D eigenvalue weighted by molar-refractivity contribution is 0.0945. The third-order valence-electron chi connectivity index (χ3n) is 7.48. The van der Waals surface area contributed by atoms with Crippen molar-refractivity contribution in [2.75, 3.05) is 50.5 Å². The van der Waals surface area contributed by atoms with Crippen molar-refractivity contribution in [3.05, 3.63) is 65.6 Å². The predicted molar refractivity (Wildman–Crippen MR) is 139 cm³/mol. The van der Waals surface area contributed by atoms with E-state index < -0.39 is 5.82 Å². The molecule has 1 aromatic heterocycles. The molecule has 3 heterocycles. The molecule has 188 valence electrons. The first-order valence-corrected chi connectivity index (χ1v) is 12.3. The topological polar surface area (TPSA) is 74.5 Å². The number of likely N-dealkylation sites (N-methyl/N-ethyl adjacent to an activating group) is 1. The molecule has 2 atom stereocenters. The largest absolute Gasteiger partial charge is 0.383 e. The number of halogens is 2. The molecule has 2 aliphatic heterocycles. The second-order valence-corrected chi connectivity index (χ2v) is 9.80. The Kier molecular flexibility index (Phi) is 6.62. The van der Waals surface area contributed by atoms with Crippen molar-refractivity contribution in [2.24, 2.45) is 5.92 Å². The number of nitrogens with zero attached hydrogens (tertiary/aromatic N) is 3. The number of nitrogens with one attached hydrogen (secondary N) is 1. The molecule has 5 rings (SSSR count). The minimum absolute atomic E-state index is 0.238. The number of carbonyl (C=O) groups excluding carboxylic acids is 1. The van der Waals surface area contributed by atoms with Gasteiger partial charge in [-0.05, 0) is 53.8 Å². The summed E-state index contributed by atoms with van der Waals surface area (Å²) in [4.78, 5) is 20.9. The van der Waals surface area contributed by atoms with Crippen LogP contribution in [-0.4, -0.2) is 61.7 Å². The van der Waals surface area contributed by atoms with Gasteiger partial charge < -0.3 is 16.0 Å². The number of hydrogen-bond acceptors (Lipinski definition) is 5. The summed E-state index contributed by atoms with van der Waals surface area (Å²) in [6.45, 7) is 4.66. The van der Waals surface area contributed by atoms with Gasteiger partial charge in [0.15, 0.2) is 0 Å². The van der Waals surface area contributed by atoms with Crippen molar-refractivity contribution in [3.8, 4) is 22.3 Å². The normalized spacial score (nSPS) is 19.7. The second kappa shape index (κ2) is 9.85. The highest BCUT2D eigenvalue weighted by molar-refractivity contribution is 5.97. The molecule has 1 amide bonds. The van der Waals surface area contributed by atoms with Crippen LogP contribution in [0, 0.1) is 11.7 Å². The van der Waals surface area contributed by atoms with E-state index in [1.54, 1.807) is 12.3 Å². The summed E-state index contributed by atoms with van der Waals surface area (Å²) >= 11 is 0. The third-order valence-corrected chi connectivity index (χ3v) is 7.48. The van der Waals surface area contributed by atoms with Crippen molar-refractivity contribution in [3.63, 3.8) is 0 Å². The van der Waals surface area contributed by atoms with E-state index in [9.17, 15) is 9.18 Å². The number of hydrogen-bond donors (Lipinski definition) is 2. The number of likely N-dealkylation sites (tertiary alicyclic amines) is 1.